The first kappa shape index (κ1) is 13.4. The third-order valence-electron chi connectivity index (χ3n) is 3.19. The lowest BCUT2D eigenvalue weighted by atomic mass is 10.0. The standard InChI is InChI=1S/C14H19N3O2/c1-15-14(12-7-8-16-17(12)2)11-9-10(18-3)5-6-13(11)19-4/h5-9,14-15H,1-4H3. The Bertz CT molecular complexity index is 551. The van der Waals surface area contributed by atoms with E-state index in [1.54, 1.807) is 20.4 Å². The predicted octanol–water partition coefficient (Wildman–Crippen LogP) is 1.75. The van der Waals surface area contributed by atoms with Gasteiger partial charge in [-0.1, -0.05) is 0 Å². The van der Waals surface area contributed by atoms with Gasteiger partial charge in [-0.3, -0.25) is 4.68 Å². The summed E-state index contributed by atoms with van der Waals surface area (Å²) < 4.78 is 12.6. The van der Waals surface area contributed by atoms with E-state index in [1.807, 2.05) is 43.0 Å². The molecule has 1 N–H and O–H groups in total. The van der Waals surface area contributed by atoms with Crippen molar-refractivity contribution in [3.8, 4) is 11.5 Å². The fourth-order valence-electron chi connectivity index (χ4n) is 2.20. The first-order valence-electron chi connectivity index (χ1n) is 6.08. The van der Waals surface area contributed by atoms with E-state index in [4.69, 9.17) is 9.47 Å². The van der Waals surface area contributed by atoms with Crippen molar-refractivity contribution in [3.05, 3.63) is 41.7 Å². The van der Waals surface area contributed by atoms with E-state index < -0.39 is 0 Å². The van der Waals surface area contributed by atoms with Gasteiger partial charge in [-0.25, -0.2) is 0 Å². The number of hydrogen-bond donors (Lipinski definition) is 1. The number of rotatable bonds is 5. The van der Waals surface area contributed by atoms with Crippen LogP contribution in [0.25, 0.3) is 0 Å². The van der Waals surface area contributed by atoms with Crippen molar-refractivity contribution in [2.75, 3.05) is 21.3 Å². The monoisotopic (exact) mass is 261 g/mol. The molecule has 19 heavy (non-hydrogen) atoms. The second-order valence-electron chi connectivity index (χ2n) is 4.21. The average molecular weight is 261 g/mol. The molecular formula is C14H19N3O2. The number of benzene rings is 1. The highest BCUT2D eigenvalue weighted by atomic mass is 16.5. The van der Waals surface area contributed by atoms with Crippen LogP contribution in [0.3, 0.4) is 0 Å². The van der Waals surface area contributed by atoms with Gasteiger partial charge < -0.3 is 14.8 Å². The minimum Gasteiger partial charge on any atom is -0.497 e. The van der Waals surface area contributed by atoms with Crippen LogP contribution in [0.5, 0.6) is 11.5 Å². The minimum absolute atomic E-state index is 0.00227. The molecule has 1 heterocycles. The lowest BCUT2D eigenvalue weighted by Gasteiger charge is -2.20. The second-order valence-corrected chi connectivity index (χ2v) is 4.21. The molecule has 102 valence electrons. The Labute approximate surface area is 113 Å². The van der Waals surface area contributed by atoms with Crippen molar-refractivity contribution in [2.24, 2.45) is 7.05 Å². The van der Waals surface area contributed by atoms with Crippen LogP contribution in [-0.2, 0) is 7.05 Å². The summed E-state index contributed by atoms with van der Waals surface area (Å²) in [7, 11) is 7.16. The molecule has 0 aliphatic heterocycles. The molecule has 5 heteroatoms. The number of nitrogens with one attached hydrogen (secondary N) is 1. The number of nitrogens with zero attached hydrogens (tertiary/aromatic N) is 2. The van der Waals surface area contributed by atoms with Crippen LogP contribution >= 0.6 is 0 Å². The van der Waals surface area contributed by atoms with Crippen LogP contribution in [0, 0.1) is 0 Å². The molecule has 5 nitrogen and oxygen atoms in total. The van der Waals surface area contributed by atoms with Gasteiger partial charge in [0.05, 0.1) is 26.0 Å². The van der Waals surface area contributed by atoms with Gasteiger partial charge in [0.1, 0.15) is 11.5 Å². The fraction of sp³-hybridized carbons (Fsp3) is 0.357. The Morgan fingerprint density at radius 2 is 2.00 bits per heavy atom. The molecule has 0 fully saturated rings. The highest BCUT2D eigenvalue weighted by Gasteiger charge is 2.20. The number of aryl methyl sites for hydroxylation is 1. The SMILES string of the molecule is CNC(c1cc(OC)ccc1OC)c1ccnn1C. The number of ether oxygens (including phenoxy) is 2. The lowest BCUT2D eigenvalue weighted by Crippen LogP contribution is -2.21. The van der Waals surface area contributed by atoms with E-state index in [2.05, 4.69) is 10.4 Å². The minimum atomic E-state index is -0.00227. The van der Waals surface area contributed by atoms with Crippen molar-refractivity contribution in [2.45, 2.75) is 6.04 Å². The third-order valence-corrected chi connectivity index (χ3v) is 3.19. The molecule has 2 rings (SSSR count). The summed E-state index contributed by atoms with van der Waals surface area (Å²) >= 11 is 0. The van der Waals surface area contributed by atoms with Gasteiger partial charge in [0.2, 0.25) is 0 Å². The maximum absolute atomic E-state index is 5.44. The van der Waals surface area contributed by atoms with Crippen LogP contribution in [-0.4, -0.2) is 31.0 Å². The summed E-state index contributed by atoms with van der Waals surface area (Å²) in [6, 6.07) is 7.76. The van der Waals surface area contributed by atoms with Crippen LogP contribution in [0.2, 0.25) is 0 Å². The van der Waals surface area contributed by atoms with Crippen molar-refractivity contribution < 1.29 is 9.47 Å². The molecule has 1 aromatic heterocycles. The van der Waals surface area contributed by atoms with E-state index >= 15 is 0 Å². The molecule has 0 bridgehead atoms. The van der Waals surface area contributed by atoms with Crippen LogP contribution in [0.4, 0.5) is 0 Å². The first-order valence-corrected chi connectivity index (χ1v) is 6.08. The summed E-state index contributed by atoms with van der Waals surface area (Å²) in [6.07, 6.45) is 1.78. The van der Waals surface area contributed by atoms with Gasteiger partial charge in [0.15, 0.2) is 0 Å². The maximum atomic E-state index is 5.44. The Balaban J connectivity index is 2.51. The highest BCUT2D eigenvalue weighted by Crippen LogP contribution is 2.32. The molecule has 2 aromatic rings. The molecule has 0 saturated heterocycles. The van der Waals surface area contributed by atoms with E-state index in [-0.39, 0.29) is 6.04 Å². The van der Waals surface area contributed by atoms with Crippen LogP contribution in [0.1, 0.15) is 17.3 Å². The molecule has 0 spiro atoms. The molecule has 1 aromatic carbocycles. The third kappa shape index (κ3) is 2.56. The van der Waals surface area contributed by atoms with Gasteiger partial charge in [-0.05, 0) is 31.3 Å². The van der Waals surface area contributed by atoms with Crippen molar-refractivity contribution in [1.29, 1.82) is 0 Å². The molecule has 0 saturated carbocycles. The molecule has 0 radical (unpaired) electrons. The van der Waals surface area contributed by atoms with Gasteiger partial charge >= 0.3 is 0 Å². The number of methoxy groups -OCH3 is 2. The Hall–Kier alpha value is -2.01. The summed E-state index contributed by atoms with van der Waals surface area (Å²) in [5, 5.41) is 7.50. The molecule has 0 aliphatic carbocycles. The van der Waals surface area contributed by atoms with Gasteiger partial charge in [-0.2, -0.15) is 5.10 Å². The Morgan fingerprint density at radius 1 is 1.21 bits per heavy atom. The average Bonchev–Trinajstić information content (AvgIpc) is 2.86. The van der Waals surface area contributed by atoms with E-state index in [9.17, 15) is 0 Å². The van der Waals surface area contributed by atoms with Crippen molar-refractivity contribution >= 4 is 0 Å². The van der Waals surface area contributed by atoms with Crippen molar-refractivity contribution in [3.63, 3.8) is 0 Å². The predicted molar refractivity (Wildman–Crippen MR) is 73.7 cm³/mol. The zero-order valence-corrected chi connectivity index (χ0v) is 11.7. The maximum Gasteiger partial charge on any atom is 0.124 e. The van der Waals surface area contributed by atoms with E-state index in [0.29, 0.717) is 0 Å². The summed E-state index contributed by atoms with van der Waals surface area (Å²) in [6.45, 7) is 0. The Morgan fingerprint density at radius 3 is 2.53 bits per heavy atom. The fourth-order valence-corrected chi connectivity index (χ4v) is 2.20. The topological polar surface area (TPSA) is 48.3 Å². The number of aromatic nitrogens is 2. The molecule has 1 unspecified atom stereocenters. The first-order chi connectivity index (χ1) is 9.21. The van der Waals surface area contributed by atoms with Crippen molar-refractivity contribution in [1.82, 2.24) is 15.1 Å². The molecular weight excluding hydrogens is 242 g/mol. The zero-order chi connectivity index (χ0) is 13.8. The smallest absolute Gasteiger partial charge is 0.124 e. The Kier molecular flexibility index (Phi) is 4.06. The summed E-state index contributed by atoms with van der Waals surface area (Å²) in [4.78, 5) is 0. The molecule has 0 aliphatic rings. The van der Waals surface area contributed by atoms with Crippen LogP contribution < -0.4 is 14.8 Å². The second kappa shape index (κ2) is 5.75. The highest BCUT2D eigenvalue weighted by molar-refractivity contribution is 5.45. The van der Waals surface area contributed by atoms with Crippen LogP contribution in [0.15, 0.2) is 30.5 Å². The normalized spacial score (nSPS) is 12.2. The largest absolute Gasteiger partial charge is 0.497 e. The molecule has 1 atom stereocenters. The summed E-state index contributed by atoms with van der Waals surface area (Å²) in [5.74, 6) is 1.62. The van der Waals surface area contributed by atoms with Gasteiger partial charge in [0.25, 0.3) is 0 Å². The van der Waals surface area contributed by atoms with Gasteiger partial charge in [-0.15, -0.1) is 0 Å². The van der Waals surface area contributed by atoms with E-state index in [1.165, 1.54) is 0 Å². The van der Waals surface area contributed by atoms with Gasteiger partial charge in [0, 0.05) is 18.8 Å². The lowest BCUT2D eigenvalue weighted by molar-refractivity contribution is 0.394. The number of hydrogen-bond acceptors (Lipinski definition) is 4. The summed E-state index contributed by atoms with van der Waals surface area (Å²) in [5.41, 5.74) is 2.09. The quantitative estimate of drug-likeness (QED) is 0.890. The van der Waals surface area contributed by atoms with E-state index in [0.717, 1.165) is 22.8 Å². The molecule has 0 amide bonds. The zero-order valence-electron chi connectivity index (χ0n) is 11.7.